The van der Waals surface area contributed by atoms with Crippen molar-refractivity contribution < 1.29 is 13.9 Å². The molecule has 0 aliphatic carbocycles. The molecule has 1 aromatic heterocycles. The van der Waals surface area contributed by atoms with Crippen molar-refractivity contribution in [1.29, 1.82) is 0 Å². The zero-order valence-electron chi connectivity index (χ0n) is 14.2. The first kappa shape index (κ1) is 17.3. The fourth-order valence-corrected chi connectivity index (χ4v) is 3.27. The van der Waals surface area contributed by atoms with Crippen molar-refractivity contribution in [3.05, 3.63) is 24.2 Å². The third kappa shape index (κ3) is 5.51. The van der Waals surface area contributed by atoms with Crippen molar-refractivity contribution in [3.63, 3.8) is 0 Å². The molecule has 134 valence electrons. The van der Waals surface area contributed by atoms with Gasteiger partial charge in [0.1, 0.15) is 0 Å². The van der Waals surface area contributed by atoms with Crippen LogP contribution in [0.5, 0.6) is 0 Å². The molecule has 2 aliphatic rings. The summed E-state index contributed by atoms with van der Waals surface area (Å²) in [5.41, 5.74) is 0.973. The predicted molar refractivity (Wildman–Crippen MR) is 90.8 cm³/mol. The molecular formula is C17H28N4O3. The number of furan rings is 1. The van der Waals surface area contributed by atoms with E-state index in [1.54, 1.807) is 12.5 Å². The van der Waals surface area contributed by atoms with Gasteiger partial charge in [0.2, 0.25) is 0 Å². The quantitative estimate of drug-likeness (QED) is 0.768. The number of likely N-dealkylation sites (tertiary alicyclic amines) is 1. The van der Waals surface area contributed by atoms with Gasteiger partial charge in [-0.05, 0) is 24.9 Å². The minimum absolute atomic E-state index is 0.108. The highest BCUT2D eigenvalue weighted by Gasteiger charge is 2.23. The van der Waals surface area contributed by atoms with Gasteiger partial charge in [0.15, 0.2) is 0 Å². The highest BCUT2D eigenvalue weighted by Crippen LogP contribution is 2.15. The summed E-state index contributed by atoms with van der Waals surface area (Å²) in [6, 6.07) is 1.74. The number of amides is 2. The summed E-state index contributed by atoms with van der Waals surface area (Å²) in [7, 11) is 0. The lowest BCUT2D eigenvalue weighted by atomic mass is 10.1. The molecule has 2 amide bonds. The van der Waals surface area contributed by atoms with Crippen LogP contribution < -0.4 is 10.6 Å². The van der Waals surface area contributed by atoms with E-state index in [4.69, 9.17) is 9.15 Å². The zero-order chi connectivity index (χ0) is 16.6. The van der Waals surface area contributed by atoms with E-state index in [-0.39, 0.29) is 6.03 Å². The number of nitrogens with zero attached hydrogens (tertiary/aromatic N) is 2. The molecule has 2 saturated heterocycles. The number of nitrogens with one attached hydrogen (secondary N) is 2. The standard InChI is InChI=1S/C17H28N4O3/c22-17(19-12-16-2-8-24-14-16)18-11-15-1-3-21(13-15)5-4-20-6-9-23-10-7-20/h2,8,14-15H,1,3-7,9-13H2,(H2,18,19,22). The van der Waals surface area contributed by atoms with Crippen molar-refractivity contribution in [1.82, 2.24) is 20.4 Å². The molecule has 0 spiro atoms. The highest BCUT2D eigenvalue weighted by atomic mass is 16.5. The average molecular weight is 336 g/mol. The summed E-state index contributed by atoms with van der Waals surface area (Å²) in [4.78, 5) is 16.8. The van der Waals surface area contributed by atoms with Crippen LogP contribution in [0.4, 0.5) is 4.79 Å². The van der Waals surface area contributed by atoms with Crippen molar-refractivity contribution in [2.45, 2.75) is 13.0 Å². The minimum Gasteiger partial charge on any atom is -0.472 e. The molecule has 0 saturated carbocycles. The molecule has 0 aromatic carbocycles. The van der Waals surface area contributed by atoms with Gasteiger partial charge < -0.3 is 24.7 Å². The number of ether oxygens (including phenoxy) is 1. The van der Waals surface area contributed by atoms with Crippen molar-refractivity contribution in [2.24, 2.45) is 5.92 Å². The Morgan fingerprint density at radius 2 is 2.00 bits per heavy atom. The molecule has 2 N–H and O–H groups in total. The van der Waals surface area contributed by atoms with Crippen molar-refractivity contribution in [3.8, 4) is 0 Å². The van der Waals surface area contributed by atoms with Crippen LogP contribution in [-0.4, -0.2) is 74.9 Å². The third-order valence-electron chi connectivity index (χ3n) is 4.79. The van der Waals surface area contributed by atoms with E-state index in [2.05, 4.69) is 20.4 Å². The van der Waals surface area contributed by atoms with E-state index < -0.39 is 0 Å². The van der Waals surface area contributed by atoms with Gasteiger partial charge in [-0.15, -0.1) is 0 Å². The van der Waals surface area contributed by atoms with E-state index in [0.29, 0.717) is 12.5 Å². The Labute approximate surface area is 143 Å². The van der Waals surface area contributed by atoms with Gasteiger partial charge in [-0.2, -0.15) is 0 Å². The molecule has 1 atom stereocenters. The van der Waals surface area contributed by atoms with Crippen LogP contribution >= 0.6 is 0 Å². The van der Waals surface area contributed by atoms with Crippen LogP contribution in [0.3, 0.4) is 0 Å². The number of rotatable bonds is 7. The lowest BCUT2D eigenvalue weighted by Crippen LogP contribution is -2.41. The fraction of sp³-hybridized carbons (Fsp3) is 0.706. The maximum atomic E-state index is 11.8. The molecular weight excluding hydrogens is 308 g/mol. The van der Waals surface area contributed by atoms with Gasteiger partial charge >= 0.3 is 6.03 Å². The maximum absolute atomic E-state index is 11.8. The molecule has 3 rings (SSSR count). The summed E-state index contributed by atoms with van der Waals surface area (Å²) in [6.45, 7) is 9.51. The summed E-state index contributed by atoms with van der Waals surface area (Å²) < 4.78 is 10.4. The molecule has 2 fully saturated rings. The Bertz CT molecular complexity index is 488. The number of carbonyl (C=O) groups excluding carboxylic acids is 1. The average Bonchev–Trinajstić information content (AvgIpc) is 3.29. The molecule has 1 unspecified atom stereocenters. The molecule has 1 aromatic rings. The monoisotopic (exact) mass is 336 g/mol. The van der Waals surface area contributed by atoms with Crippen LogP contribution in [0.15, 0.2) is 23.0 Å². The van der Waals surface area contributed by atoms with Crippen molar-refractivity contribution in [2.75, 3.05) is 59.0 Å². The zero-order valence-corrected chi connectivity index (χ0v) is 14.2. The summed E-state index contributed by atoms with van der Waals surface area (Å²) >= 11 is 0. The Balaban J connectivity index is 1.26. The van der Waals surface area contributed by atoms with Gasteiger partial charge in [-0.3, -0.25) is 4.90 Å². The van der Waals surface area contributed by atoms with E-state index >= 15 is 0 Å². The smallest absolute Gasteiger partial charge is 0.315 e. The van der Waals surface area contributed by atoms with Gasteiger partial charge in [-0.1, -0.05) is 0 Å². The maximum Gasteiger partial charge on any atom is 0.315 e. The Kier molecular flexibility index (Phi) is 6.51. The van der Waals surface area contributed by atoms with E-state index in [9.17, 15) is 4.79 Å². The normalized spacial score (nSPS) is 22.6. The molecule has 2 aliphatic heterocycles. The molecule has 3 heterocycles. The van der Waals surface area contributed by atoms with Crippen molar-refractivity contribution >= 4 is 6.03 Å². The van der Waals surface area contributed by atoms with E-state index in [1.807, 2.05) is 6.07 Å². The molecule has 24 heavy (non-hydrogen) atoms. The number of carbonyl (C=O) groups is 1. The second-order valence-electron chi connectivity index (χ2n) is 6.60. The predicted octanol–water partition coefficient (Wildman–Crippen LogP) is 0.733. The van der Waals surface area contributed by atoms with Gasteiger partial charge in [0, 0.05) is 51.4 Å². The Morgan fingerprint density at radius 1 is 1.17 bits per heavy atom. The van der Waals surface area contributed by atoms with Gasteiger partial charge in [0.25, 0.3) is 0 Å². The second kappa shape index (κ2) is 9.05. The summed E-state index contributed by atoms with van der Waals surface area (Å²) in [6.07, 6.45) is 4.41. The Morgan fingerprint density at radius 3 is 2.79 bits per heavy atom. The van der Waals surface area contributed by atoms with E-state index in [0.717, 1.165) is 71.0 Å². The molecule has 7 nitrogen and oxygen atoms in total. The largest absolute Gasteiger partial charge is 0.472 e. The van der Waals surface area contributed by atoms with Crippen LogP contribution in [0.25, 0.3) is 0 Å². The lowest BCUT2D eigenvalue weighted by molar-refractivity contribution is 0.0343. The highest BCUT2D eigenvalue weighted by molar-refractivity contribution is 5.73. The lowest BCUT2D eigenvalue weighted by Gasteiger charge is -2.28. The summed E-state index contributed by atoms with van der Waals surface area (Å²) in [5.74, 6) is 0.550. The van der Waals surface area contributed by atoms with Crippen LogP contribution in [-0.2, 0) is 11.3 Å². The number of hydrogen-bond donors (Lipinski definition) is 2. The fourth-order valence-electron chi connectivity index (χ4n) is 3.27. The topological polar surface area (TPSA) is 70.0 Å². The molecule has 0 radical (unpaired) electrons. The first-order chi connectivity index (χ1) is 11.8. The van der Waals surface area contributed by atoms with E-state index in [1.165, 1.54) is 0 Å². The van der Waals surface area contributed by atoms with Gasteiger partial charge in [-0.25, -0.2) is 4.79 Å². The third-order valence-corrected chi connectivity index (χ3v) is 4.79. The second-order valence-corrected chi connectivity index (χ2v) is 6.60. The number of urea groups is 1. The molecule has 0 bridgehead atoms. The number of hydrogen-bond acceptors (Lipinski definition) is 5. The molecule has 7 heteroatoms. The van der Waals surface area contributed by atoms with Crippen LogP contribution in [0, 0.1) is 5.92 Å². The summed E-state index contributed by atoms with van der Waals surface area (Å²) in [5, 5.41) is 5.83. The minimum atomic E-state index is -0.108. The first-order valence-corrected chi connectivity index (χ1v) is 8.85. The van der Waals surface area contributed by atoms with Crippen LogP contribution in [0.2, 0.25) is 0 Å². The van der Waals surface area contributed by atoms with Gasteiger partial charge in [0.05, 0.1) is 25.7 Å². The Hall–Kier alpha value is -1.57. The van der Waals surface area contributed by atoms with Crippen LogP contribution in [0.1, 0.15) is 12.0 Å². The SMILES string of the molecule is O=C(NCc1ccoc1)NCC1CCN(CCN2CCOCC2)C1. The first-order valence-electron chi connectivity index (χ1n) is 8.85. The number of morpholine rings is 1.